The first-order valence-electron chi connectivity index (χ1n) is 8.44. The van der Waals surface area contributed by atoms with E-state index in [1.54, 1.807) is 12.1 Å². The summed E-state index contributed by atoms with van der Waals surface area (Å²) < 4.78 is 11.3. The van der Waals surface area contributed by atoms with Gasteiger partial charge in [-0.1, -0.05) is 35.3 Å². The standard InChI is InChI=1S/C19H14Cl2N2O5/c20-13-5-11-12(6-14(13)21)19(26)23(18(11)25)8-17(24)22-7-10-9-27-15-3-1-2-4-16(15)28-10/h1-6,10H,7-9H2,(H,22,24)/t10-/m1/s1. The highest BCUT2D eigenvalue weighted by Gasteiger charge is 2.37. The molecule has 7 nitrogen and oxygen atoms in total. The summed E-state index contributed by atoms with van der Waals surface area (Å²) in [6.07, 6.45) is -0.376. The van der Waals surface area contributed by atoms with Crippen LogP contribution in [0.4, 0.5) is 0 Å². The molecular formula is C19H14Cl2N2O5. The normalized spacial score (nSPS) is 17.5. The summed E-state index contributed by atoms with van der Waals surface area (Å²) in [5.41, 5.74) is 0.264. The van der Waals surface area contributed by atoms with E-state index in [0.717, 1.165) is 4.90 Å². The maximum atomic E-state index is 12.4. The molecule has 9 heteroatoms. The highest BCUT2D eigenvalue weighted by atomic mass is 35.5. The zero-order chi connectivity index (χ0) is 19.8. The molecule has 0 aromatic heterocycles. The first-order valence-corrected chi connectivity index (χ1v) is 9.20. The molecule has 1 atom stereocenters. The number of hydrogen-bond acceptors (Lipinski definition) is 5. The van der Waals surface area contributed by atoms with Gasteiger partial charge in [-0.2, -0.15) is 0 Å². The molecule has 0 saturated carbocycles. The Morgan fingerprint density at radius 2 is 1.68 bits per heavy atom. The average Bonchev–Trinajstić information content (AvgIpc) is 2.91. The number of carbonyl (C=O) groups is 3. The number of halogens is 2. The van der Waals surface area contributed by atoms with Crippen LogP contribution in [0, 0.1) is 0 Å². The Hall–Kier alpha value is -2.77. The van der Waals surface area contributed by atoms with Crippen LogP contribution in [0.5, 0.6) is 11.5 Å². The zero-order valence-corrected chi connectivity index (χ0v) is 15.9. The summed E-state index contributed by atoms with van der Waals surface area (Å²) in [6.45, 7) is 0.0427. The van der Waals surface area contributed by atoms with Crippen molar-refractivity contribution in [3.63, 3.8) is 0 Å². The van der Waals surface area contributed by atoms with Gasteiger partial charge >= 0.3 is 0 Å². The Kier molecular flexibility index (Phi) is 4.87. The summed E-state index contributed by atoms with van der Waals surface area (Å²) >= 11 is 11.8. The van der Waals surface area contributed by atoms with Crippen LogP contribution in [0.1, 0.15) is 20.7 Å². The molecule has 2 aliphatic rings. The third-order valence-corrected chi connectivity index (χ3v) is 5.13. The quantitative estimate of drug-likeness (QED) is 0.768. The van der Waals surface area contributed by atoms with Crippen LogP contribution in [-0.4, -0.2) is 48.4 Å². The fourth-order valence-electron chi connectivity index (χ4n) is 3.02. The van der Waals surface area contributed by atoms with Crippen LogP contribution in [0.3, 0.4) is 0 Å². The maximum absolute atomic E-state index is 12.4. The van der Waals surface area contributed by atoms with Crippen molar-refractivity contribution in [3.05, 3.63) is 57.6 Å². The van der Waals surface area contributed by atoms with Crippen molar-refractivity contribution in [2.24, 2.45) is 0 Å². The molecule has 3 amide bonds. The van der Waals surface area contributed by atoms with E-state index in [1.165, 1.54) is 12.1 Å². The van der Waals surface area contributed by atoms with Crippen LogP contribution in [-0.2, 0) is 4.79 Å². The van der Waals surface area contributed by atoms with Gasteiger partial charge in [0, 0.05) is 0 Å². The van der Waals surface area contributed by atoms with Gasteiger partial charge in [-0.3, -0.25) is 19.3 Å². The number of ether oxygens (including phenoxy) is 2. The lowest BCUT2D eigenvalue weighted by atomic mass is 10.1. The number of para-hydroxylation sites is 2. The summed E-state index contributed by atoms with van der Waals surface area (Å²) in [6, 6.07) is 9.91. The number of rotatable bonds is 4. The van der Waals surface area contributed by atoms with E-state index in [2.05, 4.69) is 5.32 Å². The lowest BCUT2D eigenvalue weighted by Gasteiger charge is -2.26. The number of hydrogen-bond donors (Lipinski definition) is 1. The smallest absolute Gasteiger partial charge is 0.262 e. The SMILES string of the molecule is O=C(CN1C(=O)c2cc(Cl)c(Cl)cc2C1=O)NC[C@@H]1COc2ccccc2O1. The Balaban J connectivity index is 1.36. The van der Waals surface area contributed by atoms with E-state index in [-0.39, 0.29) is 40.4 Å². The minimum atomic E-state index is -0.583. The Morgan fingerprint density at radius 3 is 2.32 bits per heavy atom. The molecule has 0 saturated heterocycles. The lowest BCUT2D eigenvalue weighted by Crippen LogP contribution is -2.45. The van der Waals surface area contributed by atoms with E-state index in [0.29, 0.717) is 11.5 Å². The highest BCUT2D eigenvalue weighted by Crippen LogP contribution is 2.32. The lowest BCUT2D eigenvalue weighted by molar-refractivity contribution is -0.121. The number of fused-ring (bicyclic) bond motifs is 2. The van der Waals surface area contributed by atoms with Crippen LogP contribution in [0.15, 0.2) is 36.4 Å². The van der Waals surface area contributed by atoms with Crippen LogP contribution < -0.4 is 14.8 Å². The van der Waals surface area contributed by atoms with E-state index < -0.39 is 24.3 Å². The third kappa shape index (κ3) is 3.39. The number of nitrogens with one attached hydrogen (secondary N) is 1. The molecule has 0 radical (unpaired) electrons. The topological polar surface area (TPSA) is 84.9 Å². The summed E-state index contributed by atoms with van der Waals surface area (Å²) in [4.78, 5) is 38.0. The van der Waals surface area contributed by atoms with E-state index in [9.17, 15) is 14.4 Å². The van der Waals surface area contributed by atoms with Gasteiger partial charge in [0.05, 0.1) is 27.7 Å². The van der Waals surface area contributed by atoms with Crippen LogP contribution in [0.25, 0.3) is 0 Å². The molecule has 0 fully saturated rings. The van der Waals surface area contributed by atoms with E-state index in [1.807, 2.05) is 12.1 Å². The summed E-state index contributed by atoms with van der Waals surface area (Å²) in [5.74, 6) is -0.413. The molecule has 0 bridgehead atoms. The van der Waals surface area contributed by atoms with Gasteiger partial charge in [-0.05, 0) is 24.3 Å². The molecule has 2 aromatic carbocycles. The van der Waals surface area contributed by atoms with E-state index in [4.69, 9.17) is 32.7 Å². The van der Waals surface area contributed by atoms with Gasteiger partial charge in [0.15, 0.2) is 11.5 Å². The average molecular weight is 421 g/mol. The largest absolute Gasteiger partial charge is 0.486 e. The molecule has 2 heterocycles. The predicted octanol–water partition coefficient (Wildman–Crippen LogP) is 2.55. The molecule has 0 spiro atoms. The van der Waals surface area contributed by atoms with Gasteiger partial charge in [-0.15, -0.1) is 0 Å². The van der Waals surface area contributed by atoms with Crippen LogP contribution >= 0.6 is 23.2 Å². The monoisotopic (exact) mass is 420 g/mol. The molecule has 144 valence electrons. The van der Waals surface area contributed by atoms with Crippen molar-refractivity contribution in [3.8, 4) is 11.5 Å². The highest BCUT2D eigenvalue weighted by molar-refractivity contribution is 6.43. The van der Waals surface area contributed by atoms with E-state index >= 15 is 0 Å². The van der Waals surface area contributed by atoms with Crippen molar-refractivity contribution >= 4 is 40.9 Å². The molecular weight excluding hydrogens is 407 g/mol. The fourth-order valence-corrected chi connectivity index (χ4v) is 3.35. The zero-order valence-electron chi connectivity index (χ0n) is 14.4. The van der Waals surface area contributed by atoms with Crippen molar-refractivity contribution in [1.82, 2.24) is 10.2 Å². The molecule has 2 aliphatic heterocycles. The minimum absolute atomic E-state index is 0.132. The number of nitrogens with zero attached hydrogens (tertiary/aromatic N) is 1. The summed E-state index contributed by atoms with van der Waals surface area (Å²) in [7, 11) is 0. The number of amides is 3. The molecule has 4 rings (SSSR count). The third-order valence-electron chi connectivity index (χ3n) is 4.41. The Labute approximate surface area is 170 Å². The van der Waals surface area contributed by atoms with Crippen molar-refractivity contribution in [1.29, 1.82) is 0 Å². The van der Waals surface area contributed by atoms with Gasteiger partial charge in [0.25, 0.3) is 11.8 Å². The second kappa shape index (κ2) is 7.33. The molecule has 1 N–H and O–H groups in total. The number of carbonyl (C=O) groups excluding carboxylic acids is 3. The Morgan fingerprint density at radius 1 is 1.07 bits per heavy atom. The van der Waals surface area contributed by atoms with Crippen molar-refractivity contribution < 1.29 is 23.9 Å². The second-order valence-corrected chi connectivity index (χ2v) is 7.12. The van der Waals surface area contributed by atoms with Gasteiger partial charge in [0.1, 0.15) is 19.3 Å². The molecule has 28 heavy (non-hydrogen) atoms. The van der Waals surface area contributed by atoms with Crippen molar-refractivity contribution in [2.45, 2.75) is 6.10 Å². The fraction of sp³-hybridized carbons (Fsp3) is 0.211. The molecule has 0 unspecified atom stereocenters. The minimum Gasteiger partial charge on any atom is -0.486 e. The number of benzene rings is 2. The first kappa shape index (κ1) is 18.6. The van der Waals surface area contributed by atoms with Crippen molar-refractivity contribution in [2.75, 3.05) is 19.7 Å². The van der Waals surface area contributed by atoms with Crippen LogP contribution in [0.2, 0.25) is 10.0 Å². The molecule has 0 aliphatic carbocycles. The maximum Gasteiger partial charge on any atom is 0.262 e. The van der Waals surface area contributed by atoms with Gasteiger partial charge < -0.3 is 14.8 Å². The summed E-state index contributed by atoms with van der Waals surface area (Å²) in [5, 5.41) is 3.00. The predicted molar refractivity (Wildman–Crippen MR) is 101 cm³/mol. The Bertz CT molecular complexity index is 953. The molecule has 2 aromatic rings. The second-order valence-electron chi connectivity index (χ2n) is 6.31. The van der Waals surface area contributed by atoms with Gasteiger partial charge in [0.2, 0.25) is 5.91 Å². The first-order chi connectivity index (χ1) is 13.4. The van der Waals surface area contributed by atoms with Gasteiger partial charge in [-0.25, -0.2) is 0 Å². The number of imide groups is 1.